The third-order valence-electron chi connectivity index (χ3n) is 8.24. The summed E-state index contributed by atoms with van der Waals surface area (Å²) in [6, 6.07) is 4.24. The molecule has 0 radical (unpaired) electrons. The van der Waals surface area contributed by atoms with E-state index < -0.39 is 10.0 Å². The molecule has 0 spiro atoms. The Morgan fingerprint density at radius 2 is 1.70 bits per heavy atom. The van der Waals surface area contributed by atoms with Gasteiger partial charge in [-0.25, -0.2) is 28.1 Å². The summed E-state index contributed by atoms with van der Waals surface area (Å²) >= 11 is 0. The van der Waals surface area contributed by atoms with Crippen molar-refractivity contribution in [2.45, 2.75) is 44.3 Å². The van der Waals surface area contributed by atoms with Crippen LogP contribution in [0.15, 0.2) is 48.3 Å². The van der Waals surface area contributed by atoms with E-state index in [1.165, 1.54) is 16.8 Å². The van der Waals surface area contributed by atoms with Gasteiger partial charge < -0.3 is 14.8 Å². The van der Waals surface area contributed by atoms with Crippen molar-refractivity contribution in [1.29, 1.82) is 0 Å². The second-order valence-corrected chi connectivity index (χ2v) is 13.5. The minimum atomic E-state index is -3.60. The standard InChI is InChI=1S/C29H39N11O2S/c1-21-15-30-29(34-24-7-9-39(10-8-24)43(41,42)27-19-37(4)20-31-27)35-28(21)23-16-32-40(17-23)26-6-5-25(33-22(26)2)18-38-13-11-36(3)12-14-38/h5-6,15-17,19-20,24H,7-14,18H2,1-4H3,(H,30,34,35). The lowest BCUT2D eigenvalue weighted by Crippen LogP contribution is -2.44. The number of nitrogens with one attached hydrogen (secondary N) is 1. The van der Waals surface area contributed by atoms with Crippen LogP contribution in [-0.2, 0) is 23.6 Å². The molecule has 2 saturated heterocycles. The highest BCUT2D eigenvalue weighted by Gasteiger charge is 2.31. The third kappa shape index (κ3) is 6.47. The van der Waals surface area contributed by atoms with E-state index in [4.69, 9.17) is 9.97 Å². The van der Waals surface area contributed by atoms with Crippen LogP contribution in [0, 0.1) is 13.8 Å². The van der Waals surface area contributed by atoms with Crippen molar-refractivity contribution in [3.05, 3.63) is 60.2 Å². The number of piperidine rings is 1. The summed E-state index contributed by atoms with van der Waals surface area (Å²) in [6.45, 7) is 9.97. The molecular formula is C29H39N11O2S. The molecule has 14 heteroatoms. The van der Waals surface area contributed by atoms with Gasteiger partial charge in [-0.3, -0.25) is 9.88 Å². The summed E-state index contributed by atoms with van der Waals surface area (Å²) < 4.78 is 30.8. The molecule has 1 N–H and O–H groups in total. The van der Waals surface area contributed by atoms with Crippen molar-refractivity contribution >= 4 is 16.0 Å². The Labute approximate surface area is 252 Å². The van der Waals surface area contributed by atoms with Gasteiger partial charge in [0.25, 0.3) is 10.0 Å². The van der Waals surface area contributed by atoms with Crippen molar-refractivity contribution in [2.75, 3.05) is 51.6 Å². The number of rotatable bonds is 8. The SMILES string of the molecule is Cc1cnc(NC2CCN(S(=O)(=O)c3cn(C)cn3)CC2)nc1-c1cnn(-c2ccc(CN3CCN(C)CC3)nc2C)c1. The molecule has 6 heterocycles. The largest absolute Gasteiger partial charge is 0.351 e. The molecule has 4 aromatic rings. The smallest absolute Gasteiger partial charge is 0.262 e. The molecule has 0 atom stereocenters. The molecule has 2 aliphatic rings. The van der Waals surface area contributed by atoms with Crippen LogP contribution >= 0.6 is 0 Å². The number of hydrogen-bond acceptors (Lipinski definition) is 10. The molecule has 2 fully saturated rings. The molecule has 0 bridgehead atoms. The van der Waals surface area contributed by atoms with Crippen LogP contribution in [0.5, 0.6) is 0 Å². The molecule has 6 rings (SSSR count). The first-order valence-corrected chi connectivity index (χ1v) is 16.1. The van der Waals surface area contributed by atoms with E-state index in [1.807, 2.05) is 37.1 Å². The number of piperazine rings is 1. The van der Waals surface area contributed by atoms with Crippen molar-refractivity contribution in [1.82, 2.24) is 48.4 Å². The zero-order chi connectivity index (χ0) is 30.1. The first-order chi connectivity index (χ1) is 20.7. The molecule has 4 aromatic heterocycles. The Morgan fingerprint density at radius 3 is 2.40 bits per heavy atom. The van der Waals surface area contributed by atoms with Crippen molar-refractivity contribution in [2.24, 2.45) is 7.05 Å². The molecule has 0 saturated carbocycles. The zero-order valence-corrected chi connectivity index (χ0v) is 26.0. The van der Waals surface area contributed by atoms with E-state index in [1.54, 1.807) is 11.6 Å². The fourth-order valence-corrected chi connectivity index (χ4v) is 7.06. The number of sulfonamides is 1. The minimum Gasteiger partial charge on any atom is -0.351 e. The lowest BCUT2D eigenvalue weighted by molar-refractivity contribution is 0.147. The summed E-state index contributed by atoms with van der Waals surface area (Å²) in [5.41, 5.74) is 5.57. The summed E-state index contributed by atoms with van der Waals surface area (Å²) in [4.78, 5) is 23.1. The van der Waals surface area contributed by atoms with Gasteiger partial charge >= 0.3 is 0 Å². The number of imidazole rings is 1. The second-order valence-electron chi connectivity index (χ2n) is 11.6. The van der Waals surface area contributed by atoms with Gasteiger partial charge in [-0.15, -0.1) is 0 Å². The lowest BCUT2D eigenvalue weighted by Gasteiger charge is -2.32. The first kappa shape index (κ1) is 29.4. The minimum absolute atomic E-state index is 0.0616. The van der Waals surface area contributed by atoms with Crippen molar-refractivity contribution in [3.8, 4) is 16.9 Å². The van der Waals surface area contributed by atoms with Gasteiger partial charge in [0, 0.05) is 83.1 Å². The lowest BCUT2D eigenvalue weighted by atomic mass is 10.1. The van der Waals surface area contributed by atoms with E-state index in [-0.39, 0.29) is 11.1 Å². The Morgan fingerprint density at radius 1 is 0.930 bits per heavy atom. The maximum Gasteiger partial charge on any atom is 0.262 e. The summed E-state index contributed by atoms with van der Waals surface area (Å²) in [5, 5.41) is 8.13. The van der Waals surface area contributed by atoms with Crippen LogP contribution in [0.1, 0.15) is 29.8 Å². The quantitative estimate of drug-likeness (QED) is 0.319. The molecule has 228 valence electrons. The Balaban J connectivity index is 1.10. The predicted octanol–water partition coefficient (Wildman–Crippen LogP) is 2.09. The number of pyridine rings is 1. The zero-order valence-electron chi connectivity index (χ0n) is 25.2. The van der Waals surface area contributed by atoms with Gasteiger partial charge in [0.15, 0.2) is 5.03 Å². The fraction of sp³-hybridized carbons (Fsp3) is 0.483. The summed E-state index contributed by atoms with van der Waals surface area (Å²) in [7, 11) is 0.328. The topological polar surface area (TPSA) is 130 Å². The van der Waals surface area contributed by atoms with Crippen LogP contribution in [0.2, 0.25) is 0 Å². The normalized spacial score (nSPS) is 17.9. The number of likely N-dealkylation sites (N-methyl/N-ethyl adjacent to an activating group) is 1. The monoisotopic (exact) mass is 605 g/mol. The van der Waals surface area contributed by atoms with Gasteiger partial charge in [-0.05, 0) is 51.4 Å². The molecule has 0 aromatic carbocycles. The highest BCUT2D eigenvalue weighted by molar-refractivity contribution is 7.89. The van der Waals surface area contributed by atoms with Gasteiger partial charge in [0.2, 0.25) is 5.95 Å². The summed E-state index contributed by atoms with van der Waals surface area (Å²) in [6.07, 6.45) is 9.93. The number of anilines is 1. The molecule has 0 unspecified atom stereocenters. The van der Waals surface area contributed by atoms with Crippen LogP contribution in [-0.4, -0.2) is 109 Å². The van der Waals surface area contributed by atoms with Gasteiger partial charge in [0.05, 0.1) is 35.3 Å². The third-order valence-corrected chi connectivity index (χ3v) is 10.0. The second kappa shape index (κ2) is 12.1. The van der Waals surface area contributed by atoms with Gasteiger partial charge in [-0.1, -0.05) is 0 Å². The number of hydrogen-bond donors (Lipinski definition) is 1. The van der Waals surface area contributed by atoms with Crippen LogP contribution < -0.4 is 5.32 Å². The number of aromatic nitrogens is 7. The Bertz CT molecular complexity index is 1680. The Hall–Kier alpha value is -3.72. The molecule has 0 amide bonds. The van der Waals surface area contributed by atoms with Crippen LogP contribution in [0.4, 0.5) is 5.95 Å². The maximum atomic E-state index is 12.9. The molecule has 43 heavy (non-hydrogen) atoms. The van der Waals surface area contributed by atoms with E-state index in [0.29, 0.717) is 31.9 Å². The Kier molecular flexibility index (Phi) is 8.27. The maximum absolute atomic E-state index is 12.9. The van der Waals surface area contributed by atoms with Crippen LogP contribution in [0.3, 0.4) is 0 Å². The molecular weight excluding hydrogens is 566 g/mol. The van der Waals surface area contributed by atoms with E-state index in [0.717, 1.165) is 66.6 Å². The number of nitrogens with zero attached hydrogens (tertiary/aromatic N) is 10. The van der Waals surface area contributed by atoms with Crippen LogP contribution in [0.25, 0.3) is 16.9 Å². The average Bonchev–Trinajstić information content (AvgIpc) is 3.66. The molecule has 0 aliphatic carbocycles. The number of aryl methyl sites for hydroxylation is 3. The van der Waals surface area contributed by atoms with Crippen molar-refractivity contribution < 1.29 is 8.42 Å². The highest BCUT2D eigenvalue weighted by Crippen LogP contribution is 2.25. The first-order valence-electron chi connectivity index (χ1n) is 14.7. The van der Waals surface area contributed by atoms with E-state index in [2.05, 4.69) is 49.4 Å². The van der Waals surface area contributed by atoms with Gasteiger partial charge in [-0.2, -0.15) is 9.40 Å². The summed E-state index contributed by atoms with van der Waals surface area (Å²) in [5.74, 6) is 0.519. The van der Waals surface area contributed by atoms with Crippen molar-refractivity contribution in [3.63, 3.8) is 0 Å². The molecule has 13 nitrogen and oxygen atoms in total. The van der Waals surface area contributed by atoms with Gasteiger partial charge in [0.1, 0.15) is 0 Å². The highest BCUT2D eigenvalue weighted by atomic mass is 32.2. The fourth-order valence-electron chi connectivity index (χ4n) is 5.63. The average molecular weight is 606 g/mol. The van der Waals surface area contributed by atoms with E-state index in [9.17, 15) is 8.42 Å². The van der Waals surface area contributed by atoms with E-state index >= 15 is 0 Å². The predicted molar refractivity (Wildman–Crippen MR) is 163 cm³/mol. The molecule has 2 aliphatic heterocycles.